The van der Waals surface area contributed by atoms with E-state index in [9.17, 15) is 19.1 Å². The number of likely N-dealkylation sites (tertiary alicyclic amines) is 1. The molecule has 5 nitrogen and oxygen atoms in total. The Bertz CT molecular complexity index is 1440. The molecule has 1 fully saturated rings. The number of benzene rings is 3. The molecule has 0 radical (unpaired) electrons. The Hall–Kier alpha value is -3.35. The lowest BCUT2D eigenvalue weighted by atomic mass is 9.72. The maximum atomic E-state index is 14.2. The predicted molar refractivity (Wildman–Crippen MR) is 133 cm³/mol. The number of H-pyrrole nitrogens is 1. The number of nitrogens with one attached hydrogen (secondary N) is 1. The summed E-state index contributed by atoms with van der Waals surface area (Å²) in [6.07, 6.45) is 1.71. The molecule has 3 aromatic carbocycles. The molecule has 1 aliphatic heterocycles. The summed E-state index contributed by atoms with van der Waals surface area (Å²) < 4.78 is 14.2. The number of carboxylic acid groups (broad SMARTS) is 1. The van der Waals surface area contributed by atoms with Gasteiger partial charge in [-0.05, 0) is 41.8 Å². The van der Waals surface area contributed by atoms with Gasteiger partial charge in [0, 0.05) is 40.7 Å². The van der Waals surface area contributed by atoms with E-state index >= 15 is 0 Å². The van der Waals surface area contributed by atoms with Crippen molar-refractivity contribution in [1.82, 2.24) is 9.88 Å². The average Bonchev–Trinajstić information content (AvgIpc) is 3.35. The monoisotopic (exact) mass is 510 g/mol. The summed E-state index contributed by atoms with van der Waals surface area (Å²) in [6, 6.07) is 18.1. The van der Waals surface area contributed by atoms with Gasteiger partial charge >= 0.3 is 5.97 Å². The standard InChI is InChI=1S/C27H21Cl2FN2O3/c28-18-7-8-19-20(14-31-23(19)11-18)25-27(26(34)35,12-16-4-2-1-3-5-16)13-24(33)32(25)15-17-6-9-21(29)22(30)10-17/h1-11,14,25,31H,12-13,15H2,(H,34,35). The molecule has 2 atom stereocenters. The minimum Gasteiger partial charge on any atom is -0.481 e. The van der Waals surface area contributed by atoms with Gasteiger partial charge in [-0.25, -0.2) is 4.39 Å². The van der Waals surface area contributed by atoms with Gasteiger partial charge in [0.2, 0.25) is 5.91 Å². The summed E-state index contributed by atoms with van der Waals surface area (Å²) >= 11 is 12.0. The van der Waals surface area contributed by atoms with Crippen molar-refractivity contribution >= 4 is 46.0 Å². The fourth-order valence-corrected chi connectivity index (χ4v) is 5.41. The van der Waals surface area contributed by atoms with E-state index in [1.54, 1.807) is 24.4 Å². The van der Waals surface area contributed by atoms with Gasteiger partial charge in [0.25, 0.3) is 0 Å². The quantitative estimate of drug-likeness (QED) is 0.315. The highest BCUT2D eigenvalue weighted by Crippen LogP contribution is 2.52. The summed E-state index contributed by atoms with van der Waals surface area (Å²) in [5, 5.41) is 11.9. The van der Waals surface area contributed by atoms with Gasteiger partial charge in [-0.3, -0.25) is 9.59 Å². The number of aliphatic carboxylic acids is 1. The molecule has 35 heavy (non-hydrogen) atoms. The van der Waals surface area contributed by atoms with E-state index in [2.05, 4.69) is 4.98 Å². The van der Waals surface area contributed by atoms with Gasteiger partial charge in [-0.1, -0.05) is 65.7 Å². The summed E-state index contributed by atoms with van der Waals surface area (Å²) in [7, 11) is 0. The van der Waals surface area contributed by atoms with Gasteiger partial charge in [-0.2, -0.15) is 0 Å². The van der Waals surface area contributed by atoms with Crippen molar-refractivity contribution in [2.45, 2.75) is 25.4 Å². The van der Waals surface area contributed by atoms with Crippen molar-refractivity contribution in [1.29, 1.82) is 0 Å². The molecule has 0 saturated carbocycles. The molecule has 0 aliphatic carbocycles. The maximum absolute atomic E-state index is 14.2. The van der Waals surface area contributed by atoms with Crippen LogP contribution in [0.25, 0.3) is 10.9 Å². The Morgan fingerprint density at radius 3 is 2.57 bits per heavy atom. The van der Waals surface area contributed by atoms with Crippen molar-refractivity contribution < 1.29 is 19.1 Å². The topological polar surface area (TPSA) is 73.4 Å². The predicted octanol–water partition coefficient (Wildman–Crippen LogP) is 6.40. The number of rotatable bonds is 6. The molecule has 2 heterocycles. The van der Waals surface area contributed by atoms with Crippen LogP contribution in [0.4, 0.5) is 4.39 Å². The Kier molecular flexibility index (Phi) is 6.03. The van der Waals surface area contributed by atoms with E-state index in [0.29, 0.717) is 16.1 Å². The molecule has 1 saturated heterocycles. The zero-order chi connectivity index (χ0) is 24.7. The molecule has 1 aliphatic rings. The van der Waals surface area contributed by atoms with Crippen LogP contribution in [0.5, 0.6) is 0 Å². The lowest BCUT2D eigenvalue weighted by molar-refractivity contribution is -0.151. The summed E-state index contributed by atoms with van der Waals surface area (Å²) in [6.45, 7) is 0.0433. The first-order valence-electron chi connectivity index (χ1n) is 11.1. The lowest BCUT2D eigenvalue weighted by Gasteiger charge is -2.35. The van der Waals surface area contributed by atoms with E-state index in [0.717, 1.165) is 16.5 Å². The van der Waals surface area contributed by atoms with Crippen molar-refractivity contribution in [3.63, 3.8) is 0 Å². The van der Waals surface area contributed by atoms with Crippen LogP contribution in [-0.4, -0.2) is 26.9 Å². The second-order valence-corrected chi connectivity index (χ2v) is 9.75. The largest absolute Gasteiger partial charge is 0.481 e. The second-order valence-electron chi connectivity index (χ2n) is 8.91. The van der Waals surface area contributed by atoms with Crippen LogP contribution in [0.2, 0.25) is 10.0 Å². The highest BCUT2D eigenvalue weighted by atomic mass is 35.5. The molecule has 2 unspecified atom stereocenters. The first kappa shape index (κ1) is 23.4. The number of aromatic amines is 1. The van der Waals surface area contributed by atoms with Crippen molar-refractivity contribution in [3.8, 4) is 0 Å². The third-order valence-corrected chi connectivity index (χ3v) is 7.26. The van der Waals surface area contributed by atoms with Crippen molar-refractivity contribution in [3.05, 3.63) is 105 Å². The minimum atomic E-state index is -1.43. The number of hydrogen-bond acceptors (Lipinski definition) is 2. The fraction of sp³-hybridized carbons (Fsp3) is 0.185. The van der Waals surface area contributed by atoms with Gasteiger partial charge < -0.3 is 15.0 Å². The number of halogens is 3. The minimum absolute atomic E-state index is 0.0180. The normalized spacial score (nSPS) is 20.0. The van der Waals surface area contributed by atoms with Crippen LogP contribution < -0.4 is 0 Å². The van der Waals surface area contributed by atoms with Crippen LogP contribution in [0.3, 0.4) is 0 Å². The van der Waals surface area contributed by atoms with Crippen LogP contribution >= 0.6 is 23.2 Å². The third kappa shape index (κ3) is 4.17. The number of nitrogens with zero attached hydrogens (tertiary/aromatic N) is 1. The molecule has 4 aromatic rings. The van der Waals surface area contributed by atoms with Gasteiger partial charge in [-0.15, -0.1) is 0 Å². The van der Waals surface area contributed by atoms with E-state index in [1.165, 1.54) is 17.0 Å². The van der Waals surface area contributed by atoms with Crippen LogP contribution in [-0.2, 0) is 22.6 Å². The number of fused-ring (bicyclic) bond motifs is 1. The molecule has 8 heteroatoms. The third-order valence-electron chi connectivity index (χ3n) is 6.72. The highest BCUT2D eigenvalue weighted by Gasteiger charge is 2.57. The molecule has 178 valence electrons. The molecule has 0 bridgehead atoms. The number of carboxylic acids is 1. The van der Waals surface area contributed by atoms with E-state index in [4.69, 9.17) is 23.2 Å². The van der Waals surface area contributed by atoms with Gasteiger partial charge in [0.05, 0.1) is 11.1 Å². The smallest absolute Gasteiger partial charge is 0.312 e. The molecule has 0 spiro atoms. The molecular weight excluding hydrogens is 490 g/mol. The zero-order valence-corrected chi connectivity index (χ0v) is 20.0. The molecular formula is C27H21Cl2FN2O3. The Morgan fingerprint density at radius 1 is 1.09 bits per heavy atom. The van der Waals surface area contributed by atoms with Crippen LogP contribution in [0.15, 0.2) is 72.9 Å². The number of aromatic nitrogens is 1. The lowest BCUT2D eigenvalue weighted by Crippen LogP contribution is -2.40. The summed E-state index contributed by atoms with van der Waals surface area (Å²) in [5.41, 5.74) is 1.32. The SMILES string of the molecule is O=C1CC(Cc2ccccc2)(C(=O)O)C(c2c[nH]c3cc(Cl)ccc23)N1Cc1ccc(Cl)c(F)c1. The molecule has 5 rings (SSSR count). The van der Waals surface area contributed by atoms with E-state index < -0.39 is 23.2 Å². The first-order valence-corrected chi connectivity index (χ1v) is 11.8. The zero-order valence-electron chi connectivity index (χ0n) is 18.5. The fourth-order valence-electron chi connectivity index (χ4n) is 5.12. The average molecular weight is 511 g/mol. The van der Waals surface area contributed by atoms with Gasteiger partial charge in [0.1, 0.15) is 11.2 Å². The second kappa shape index (κ2) is 9.02. The highest BCUT2D eigenvalue weighted by molar-refractivity contribution is 6.31. The van der Waals surface area contributed by atoms with Crippen molar-refractivity contribution in [2.75, 3.05) is 0 Å². The van der Waals surface area contributed by atoms with Crippen molar-refractivity contribution in [2.24, 2.45) is 5.41 Å². The van der Waals surface area contributed by atoms with Crippen LogP contribution in [0, 0.1) is 11.2 Å². The number of amides is 1. The number of carbonyl (C=O) groups excluding carboxylic acids is 1. The molecule has 1 aromatic heterocycles. The number of carbonyl (C=O) groups is 2. The van der Waals surface area contributed by atoms with E-state index in [1.807, 2.05) is 36.4 Å². The Labute approximate surface area is 211 Å². The summed E-state index contributed by atoms with van der Waals surface area (Å²) in [5.74, 6) is -1.97. The maximum Gasteiger partial charge on any atom is 0.312 e. The van der Waals surface area contributed by atoms with Gasteiger partial charge in [0.15, 0.2) is 0 Å². The first-order chi connectivity index (χ1) is 16.8. The molecule has 1 amide bonds. The molecule has 2 N–H and O–H groups in total. The Morgan fingerprint density at radius 2 is 1.86 bits per heavy atom. The van der Waals surface area contributed by atoms with Crippen LogP contribution in [0.1, 0.15) is 29.2 Å². The Balaban J connectivity index is 1.67. The summed E-state index contributed by atoms with van der Waals surface area (Å²) in [4.78, 5) is 31.1. The number of hydrogen-bond donors (Lipinski definition) is 2. The van der Waals surface area contributed by atoms with E-state index in [-0.39, 0.29) is 30.3 Å².